The summed E-state index contributed by atoms with van der Waals surface area (Å²) in [6, 6.07) is 6.80. The van der Waals surface area contributed by atoms with Crippen molar-refractivity contribution >= 4 is 26.0 Å². The fourth-order valence-electron chi connectivity index (χ4n) is 1.29. The molecule has 1 aromatic rings. The Kier molecular flexibility index (Phi) is 5.36. The first-order valence-corrected chi connectivity index (χ1v) is 7.59. The van der Waals surface area contributed by atoms with Gasteiger partial charge in [-0.2, -0.15) is 0 Å². The molecule has 0 heterocycles. The quantitative estimate of drug-likeness (QED) is 0.820. The monoisotopic (exact) mass is 317 g/mol. The molecule has 0 spiro atoms. The van der Waals surface area contributed by atoms with Crippen molar-refractivity contribution in [3.63, 3.8) is 0 Å². The number of rotatable bonds is 6. The van der Waals surface area contributed by atoms with Gasteiger partial charge in [0, 0.05) is 6.54 Å². The maximum atomic E-state index is 11.8. The van der Waals surface area contributed by atoms with Crippen molar-refractivity contribution in [2.75, 3.05) is 6.54 Å². The molecular weight excluding hydrogens is 302 g/mol. The maximum Gasteiger partial charge on any atom is 0.240 e. The van der Waals surface area contributed by atoms with Crippen LogP contribution in [0.25, 0.3) is 0 Å². The van der Waals surface area contributed by atoms with E-state index in [1.807, 2.05) is 6.92 Å². The first kappa shape index (κ1) is 14.4. The van der Waals surface area contributed by atoms with Crippen molar-refractivity contribution in [3.05, 3.63) is 40.9 Å². The Morgan fingerprint density at radius 3 is 2.47 bits per heavy atom. The zero-order chi connectivity index (χ0) is 12.9. The van der Waals surface area contributed by atoms with Crippen molar-refractivity contribution < 1.29 is 8.42 Å². The van der Waals surface area contributed by atoms with E-state index >= 15 is 0 Å². The lowest BCUT2D eigenvalue weighted by molar-refractivity contribution is 0.579. The van der Waals surface area contributed by atoms with Gasteiger partial charge in [-0.3, -0.25) is 0 Å². The molecule has 0 unspecified atom stereocenters. The molecule has 3 nitrogen and oxygen atoms in total. The van der Waals surface area contributed by atoms with Gasteiger partial charge in [0.05, 0.1) is 4.90 Å². The van der Waals surface area contributed by atoms with E-state index in [4.69, 9.17) is 0 Å². The second-order valence-corrected chi connectivity index (χ2v) is 6.72. The van der Waals surface area contributed by atoms with Crippen molar-refractivity contribution in [3.8, 4) is 0 Å². The minimum atomic E-state index is -3.37. The molecule has 0 aliphatic rings. The third-order valence-electron chi connectivity index (χ3n) is 2.25. The van der Waals surface area contributed by atoms with Crippen LogP contribution in [0.4, 0.5) is 0 Å². The number of benzene rings is 1. The first-order valence-electron chi connectivity index (χ1n) is 5.31. The molecule has 0 atom stereocenters. The van der Waals surface area contributed by atoms with Gasteiger partial charge in [0.2, 0.25) is 10.0 Å². The van der Waals surface area contributed by atoms with Crippen LogP contribution in [-0.4, -0.2) is 15.0 Å². The fourth-order valence-corrected chi connectivity index (χ4v) is 2.64. The van der Waals surface area contributed by atoms with Crippen LogP contribution >= 0.6 is 15.9 Å². The molecule has 17 heavy (non-hydrogen) atoms. The Bertz CT molecular complexity index is 480. The summed E-state index contributed by atoms with van der Waals surface area (Å²) in [6.07, 6.45) is 1.49. The van der Waals surface area contributed by atoms with Gasteiger partial charge in [-0.25, -0.2) is 13.1 Å². The van der Waals surface area contributed by atoms with Crippen molar-refractivity contribution in [2.24, 2.45) is 0 Å². The largest absolute Gasteiger partial charge is 0.240 e. The van der Waals surface area contributed by atoms with Crippen LogP contribution in [0.1, 0.15) is 18.4 Å². The lowest BCUT2D eigenvalue weighted by atomic mass is 10.2. The molecular formula is C12H16BrNO2S. The Labute approximate surface area is 111 Å². The third kappa shape index (κ3) is 5.02. The fraction of sp³-hybridized carbons (Fsp3) is 0.333. The topological polar surface area (TPSA) is 46.2 Å². The molecule has 0 fully saturated rings. The lowest BCUT2D eigenvalue weighted by Crippen LogP contribution is -2.24. The van der Waals surface area contributed by atoms with Gasteiger partial charge in [-0.15, -0.1) is 0 Å². The first-order chi connectivity index (χ1) is 7.92. The Morgan fingerprint density at radius 1 is 1.35 bits per heavy atom. The highest BCUT2D eigenvalue weighted by Gasteiger charge is 2.12. The van der Waals surface area contributed by atoms with E-state index in [1.165, 1.54) is 0 Å². The van der Waals surface area contributed by atoms with Gasteiger partial charge in [0.25, 0.3) is 0 Å². The second kappa shape index (κ2) is 6.33. The van der Waals surface area contributed by atoms with Crippen molar-refractivity contribution in [1.29, 1.82) is 0 Å². The van der Waals surface area contributed by atoms with E-state index in [1.54, 1.807) is 24.3 Å². The standard InChI is InChI=1S/C12H16BrNO2S/c1-10-5-7-12(8-6-10)17(15,16)14-9-3-4-11(2)13/h5-8,14H,2-4,9H2,1H3. The Morgan fingerprint density at radius 2 is 1.94 bits per heavy atom. The van der Waals surface area contributed by atoms with E-state index < -0.39 is 10.0 Å². The minimum absolute atomic E-state index is 0.306. The molecule has 0 bridgehead atoms. The van der Waals surface area contributed by atoms with Gasteiger partial charge >= 0.3 is 0 Å². The number of aryl methyl sites for hydroxylation is 1. The summed E-state index contributed by atoms with van der Waals surface area (Å²) in [5.74, 6) is 0. The summed E-state index contributed by atoms with van der Waals surface area (Å²) < 4.78 is 27.1. The molecule has 0 aromatic heterocycles. The molecule has 0 aliphatic carbocycles. The number of hydrogen-bond donors (Lipinski definition) is 1. The van der Waals surface area contributed by atoms with E-state index in [0.717, 1.165) is 22.9 Å². The van der Waals surface area contributed by atoms with Crippen LogP contribution in [-0.2, 0) is 10.0 Å². The molecule has 0 saturated heterocycles. The highest BCUT2D eigenvalue weighted by Crippen LogP contribution is 2.11. The summed E-state index contributed by atoms with van der Waals surface area (Å²) >= 11 is 3.24. The van der Waals surface area contributed by atoms with Crippen LogP contribution in [0.15, 0.2) is 40.2 Å². The van der Waals surface area contributed by atoms with Gasteiger partial charge < -0.3 is 0 Å². The molecule has 0 radical (unpaired) electrons. The predicted molar refractivity (Wildman–Crippen MR) is 73.7 cm³/mol. The van der Waals surface area contributed by atoms with Gasteiger partial charge in [0.1, 0.15) is 0 Å². The van der Waals surface area contributed by atoms with Crippen LogP contribution in [0, 0.1) is 6.92 Å². The molecule has 5 heteroatoms. The second-order valence-electron chi connectivity index (χ2n) is 3.83. The Balaban J connectivity index is 2.57. The van der Waals surface area contributed by atoms with Crippen LogP contribution in [0.2, 0.25) is 0 Å². The average Bonchev–Trinajstić information content (AvgIpc) is 2.25. The van der Waals surface area contributed by atoms with Crippen molar-refractivity contribution in [2.45, 2.75) is 24.7 Å². The third-order valence-corrected chi connectivity index (χ3v) is 4.12. The normalized spacial score (nSPS) is 11.4. The SMILES string of the molecule is C=C(Br)CCCNS(=O)(=O)c1ccc(C)cc1. The summed E-state index contributed by atoms with van der Waals surface area (Å²) in [6.45, 7) is 6.04. The summed E-state index contributed by atoms with van der Waals surface area (Å²) in [7, 11) is -3.37. The van der Waals surface area contributed by atoms with Crippen LogP contribution < -0.4 is 4.72 Å². The summed E-state index contributed by atoms with van der Waals surface area (Å²) in [5.41, 5.74) is 1.04. The van der Waals surface area contributed by atoms with Crippen molar-refractivity contribution in [1.82, 2.24) is 4.72 Å². The molecule has 1 aromatic carbocycles. The smallest absolute Gasteiger partial charge is 0.211 e. The number of halogens is 1. The summed E-state index contributed by atoms with van der Waals surface area (Å²) in [4.78, 5) is 0.306. The molecule has 94 valence electrons. The number of allylic oxidation sites excluding steroid dienone is 1. The molecule has 0 aliphatic heterocycles. The number of nitrogens with one attached hydrogen (secondary N) is 1. The number of sulfonamides is 1. The van der Waals surface area contributed by atoms with Gasteiger partial charge in [-0.05, 0) is 36.4 Å². The zero-order valence-corrected chi connectivity index (χ0v) is 12.1. The molecule has 1 N–H and O–H groups in total. The van der Waals surface area contributed by atoms with Gasteiger partial charge in [-0.1, -0.05) is 40.2 Å². The molecule has 1 rings (SSSR count). The van der Waals surface area contributed by atoms with E-state index in [0.29, 0.717) is 11.4 Å². The highest BCUT2D eigenvalue weighted by molar-refractivity contribution is 9.11. The van der Waals surface area contributed by atoms with E-state index in [9.17, 15) is 8.42 Å². The zero-order valence-electron chi connectivity index (χ0n) is 9.74. The predicted octanol–water partition coefficient (Wildman–Crippen LogP) is 2.96. The van der Waals surface area contributed by atoms with Gasteiger partial charge in [0.15, 0.2) is 0 Å². The van der Waals surface area contributed by atoms with E-state index in [-0.39, 0.29) is 0 Å². The summed E-state index contributed by atoms with van der Waals surface area (Å²) in [5, 5.41) is 0. The van der Waals surface area contributed by atoms with Crippen LogP contribution in [0.3, 0.4) is 0 Å². The number of hydrogen-bond acceptors (Lipinski definition) is 2. The maximum absolute atomic E-state index is 11.8. The molecule has 0 saturated carbocycles. The highest BCUT2D eigenvalue weighted by atomic mass is 79.9. The average molecular weight is 318 g/mol. The van der Waals surface area contributed by atoms with E-state index in [2.05, 4.69) is 27.2 Å². The molecule has 0 amide bonds. The lowest BCUT2D eigenvalue weighted by Gasteiger charge is -2.06. The minimum Gasteiger partial charge on any atom is -0.211 e. The van der Waals surface area contributed by atoms with Crippen LogP contribution in [0.5, 0.6) is 0 Å². The Hall–Kier alpha value is -0.650.